The predicted molar refractivity (Wildman–Crippen MR) is 74.2 cm³/mol. The van der Waals surface area contributed by atoms with Crippen molar-refractivity contribution < 1.29 is 13.2 Å². The lowest BCUT2D eigenvalue weighted by atomic mass is 9.86. The molecule has 0 aliphatic heterocycles. The average molecular weight is 336 g/mol. The maximum Gasteiger partial charge on any atom is 0.416 e. The summed E-state index contributed by atoms with van der Waals surface area (Å²) in [6, 6.07) is 4.12. The summed E-state index contributed by atoms with van der Waals surface area (Å²) >= 11 is 3.22. The molecule has 1 aliphatic carbocycles. The molecule has 0 aromatic heterocycles. The van der Waals surface area contributed by atoms with E-state index in [1.807, 2.05) is 0 Å². The second kappa shape index (κ2) is 5.73. The van der Waals surface area contributed by atoms with Crippen molar-refractivity contribution in [3.8, 4) is 0 Å². The Morgan fingerprint density at radius 2 is 1.89 bits per heavy atom. The van der Waals surface area contributed by atoms with Crippen LogP contribution in [0.5, 0.6) is 0 Å². The highest BCUT2D eigenvalue weighted by Gasteiger charge is 2.31. The molecule has 1 aliphatic rings. The number of nitrogens with one attached hydrogen (secondary N) is 1. The van der Waals surface area contributed by atoms with E-state index in [1.54, 1.807) is 0 Å². The van der Waals surface area contributed by atoms with Gasteiger partial charge in [0.2, 0.25) is 0 Å². The molecule has 0 amide bonds. The fourth-order valence-electron chi connectivity index (χ4n) is 2.54. The first-order chi connectivity index (χ1) is 8.88. The van der Waals surface area contributed by atoms with Gasteiger partial charge in [-0.2, -0.15) is 13.2 Å². The zero-order valence-corrected chi connectivity index (χ0v) is 12.3. The third-order valence-corrected chi connectivity index (χ3v) is 4.40. The monoisotopic (exact) mass is 335 g/mol. The summed E-state index contributed by atoms with van der Waals surface area (Å²) in [5, 5.41) is 3.36. The van der Waals surface area contributed by atoms with Gasteiger partial charge < -0.3 is 5.32 Å². The van der Waals surface area contributed by atoms with Crippen LogP contribution in [0.1, 0.15) is 38.2 Å². The second-order valence-corrected chi connectivity index (χ2v) is 6.06. The minimum absolute atomic E-state index is 0.349. The Bertz CT molecular complexity index is 445. The zero-order chi connectivity index (χ0) is 14.0. The maximum absolute atomic E-state index is 12.6. The van der Waals surface area contributed by atoms with Crippen LogP contribution in [0.4, 0.5) is 18.9 Å². The molecule has 1 saturated carbocycles. The molecule has 19 heavy (non-hydrogen) atoms. The molecule has 2 rings (SSSR count). The molecule has 0 saturated heterocycles. The van der Waals surface area contributed by atoms with Crippen LogP contribution in [0.2, 0.25) is 0 Å². The van der Waals surface area contributed by atoms with Crippen LogP contribution in [0, 0.1) is 5.92 Å². The summed E-state index contributed by atoms with van der Waals surface area (Å²) in [7, 11) is 0. The van der Waals surface area contributed by atoms with E-state index in [2.05, 4.69) is 28.2 Å². The molecule has 2 atom stereocenters. The van der Waals surface area contributed by atoms with Crippen LogP contribution in [0.25, 0.3) is 0 Å². The van der Waals surface area contributed by atoms with Crippen molar-refractivity contribution in [2.75, 3.05) is 5.32 Å². The third kappa shape index (κ3) is 3.65. The van der Waals surface area contributed by atoms with E-state index in [1.165, 1.54) is 25.3 Å². The molecule has 0 heterocycles. The number of rotatable bonds is 2. The first kappa shape index (κ1) is 14.7. The Hall–Kier alpha value is -0.710. The number of alkyl halides is 3. The van der Waals surface area contributed by atoms with Gasteiger partial charge in [0.25, 0.3) is 0 Å². The molecule has 0 spiro atoms. The van der Waals surface area contributed by atoms with Gasteiger partial charge >= 0.3 is 6.18 Å². The van der Waals surface area contributed by atoms with Gasteiger partial charge in [0.15, 0.2) is 0 Å². The molecule has 1 N–H and O–H groups in total. The Balaban J connectivity index is 2.13. The standard InChI is InChI=1S/C14H17BrF3N/c1-9-4-2-3-5-12(9)19-13-7-6-10(8-11(13)15)14(16,17)18/h6-9,12,19H,2-5H2,1H3. The second-order valence-electron chi connectivity index (χ2n) is 5.20. The average Bonchev–Trinajstić information content (AvgIpc) is 2.33. The summed E-state index contributed by atoms with van der Waals surface area (Å²) < 4.78 is 38.2. The van der Waals surface area contributed by atoms with Gasteiger partial charge in [-0.15, -0.1) is 0 Å². The molecule has 5 heteroatoms. The van der Waals surface area contributed by atoms with Crippen molar-refractivity contribution in [2.24, 2.45) is 5.92 Å². The van der Waals surface area contributed by atoms with E-state index < -0.39 is 11.7 Å². The van der Waals surface area contributed by atoms with Crippen LogP contribution < -0.4 is 5.32 Å². The van der Waals surface area contributed by atoms with E-state index in [-0.39, 0.29) is 0 Å². The summed E-state index contributed by atoms with van der Waals surface area (Å²) in [6.45, 7) is 2.19. The lowest BCUT2D eigenvalue weighted by molar-refractivity contribution is -0.137. The SMILES string of the molecule is CC1CCCCC1Nc1ccc(C(F)(F)F)cc1Br. The highest BCUT2D eigenvalue weighted by atomic mass is 79.9. The number of benzene rings is 1. The summed E-state index contributed by atoms with van der Waals surface area (Å²) in [5.41, 5.74) is 0.119. The van der Waals surface area contributed by atoms with E-state index in [0.717, 1.165) is 24.2 Å². The van der Waals surface area contributed by atoms with Crippen LogP contribution in [0.15, 0.2) is 22.7 Å². The third-order valence-electron chi connectivity index (χ3n) is 3.75. The van der Waals surface area contributed by atoms with Gasteiger partial charge in [-0.1, -0.05) is 19.8 Å². The number of anilines is 1. The van der Waals surface area contributed by atoms with Gasteiger partial charge in [-0.3, -0.25) is 0 Å². The number of hydrogen-bond acceptors (Lipinski definition) is 1. The van der Waals surface area contributed by atoms with Crippen molar-refractivity contribution >= 4 is 21.6 Å². The smallest absolute Gasteiger partial charge is 0.381 e. The van der Waals surface area contributed by atoms with Crippen molar-refractivity contribution in [3.05, 3.63) is 28.2 Å². The van der Waals surface area contributed by atoms with Gasteiger partial charge in [0.1, 0.15) is 0 Å². The van der Waals surface area contributed by atoms with E-state index >= 15 is 0 Å². The zero-order valence-electron chi connectivity index (χ0n) is 10.7. The fraction of sp³-hybridized carbons (Fsp3) is 0.571. The molecule has 0 radical (unpaired) electrons. The molecule has 1 aromatic carbocycles. The van der Waals surface area contributed by atoms with Gasteiger partial charge in [-0.25, -0.2) is 0 Å². The van der Waals surface area contributed by atoms with Crippen LogP contribution in [0.3, 0.4) is 0 Å². The molecule has 1 aromatic rings. The van der Waals surface area contributed by atoms with Crippen molar-refractivity contribution in [2.45, 2.75) is 44.8 Å². The van der Waals surface area contributed by atoms with E-state index in [9.17, 15) is 13.2 Å². The van der Waals surface area contributed by atoms with Gasteiger partial charge in [-0.05, 0) is 52.9 Å². The molecular formula is C14H17BrF3N. The maximum atomic E-state index is 12.6. The van der Waals surface area contributed by atoms with Crippen LogP contribution in [-0.2, 0) is 6.18 Å². The Kier molecular flexibility index (Phi) is 4.43. The lowest BCUT2D eigenvalue weighted by Gasteiger charge is -2.30. The molecule has 1 nitrogen and oxygen atoms in total. The molecule has 106 valence electrons. The highest BCUT2D eigenvalue weighted by molar-refractivity contribution is 9.10. The van der Waals surface area contributed by atoms with Gasteiger partial charge in [0.05, 0.1) is 5.56 Å². The lowest BCUT2D eigenvalue weighted by Crippen LogP contribution is -2.30. The van der Waals surface area contributed by atoms with Crippen molar-refractivity contribution in [1.29, 1.82) is 0 Å². The molecular weight excluding hydrogens is 319 g/mol. The van der Waals surface area contributed by atoms with E-state index in [4.69, 9.17) is 0 Å². The minimum atomic E-state index is -4.29. The number of halogens is 4. The Morgan fingerprint density at radius 1 is 1.21 bits per heavy atom. The first-order valence-electron chi connectivity index (χ1n) is 6.51. The fourth-order valence-corrected chi connectivity index (χ4v) is 3.03. The number of hydrogen-bond donors (Lipinski definition) is 1. The first-order valence-corrected chi connectivity index (χ1v) is 7.30. The largest absolute Gasteiger partial charge is 0.416 e. The normalized spacial score (nSPS) is 24.3. The van der Waals surface area contributed by atoms with Crippen LogP contribution >= 0.6 is 15.9 Å². The Labute approximate surface area is 119 Å². The topological polar surface area (TPSA) is 12.0 Å². The van der Waals surface area contributed by atoms with E-state index in [0.29, 0.717) is 16.4 Å². The summed E-state index contributed by atoms with van der Waals surface area (Å²) in [6.07, 6.45) is 0.386. The molecule has 2 unspecified atom stereocenters. The van der Waals surface area contributed by atoms with Crippen molar-refractivity contribution in [1.82, 2.24) is 0 Å². The molecule has 1 fully saturated rings. The quantitative estimate of drug-likeness (QED) is 0.756. The van der Waals surface area contributed by atoms with Crippen LogP contribution in [-0.4, -0.2) is 6.04 Å². The van der Waals surface area contributed by atoms with Crippen molar-refractivity contribution in [3.63, 3.8) is 0 Å². The highest BCUT2D eigenvalue weighted by Crippen LogP contribution is 2.35. The predicted octanol–water partition coefficient (Wildman–Crippen LogP) is 5.46. The van der Waals surface area contributed by atoms with Gasteiger partial charge in [0, 0.05) is 16.2 Å². The Morgan fingerprint density at radius 3 is 2.47 bits per heavy atom. The minimum Gasteiger partial charge on any atom is -0.381 e. The summed E-state index contributed by atoms with van der Waals surface area (Å²) in [4.78, 5) is 0. The summed E-state index contributed by atoms with van der Waals surface area (Å²) in [5.74, 6) is 0.558. The molecule has 0 bridgehead atoms.